The maximum atomic E-state index is 12.9. The van der Waals surface area contributed by atoms with Crippen LogP contribution < -0.4 is 0 Å². The topological polar surface area (TPSA) is 192 Å². The lowest BCUT2D eigenvalue weighted by molar-refractivity contribution is -0.220. The zero-order chi connectivity index (χ0) is 47.6. The van der Waals surface area contributed by atoms with Crippen molar-refractivity contribution in [3.8, 4) is 0 Å². The van der Waals surface area contributed by atoms with Gasteiger partial charge in [-0.25, -0.2) is 4.57 Å². The van der Waals surface area contributed by atoms with Crippen LogP contribution in [0.4, 0.5) is 0 Å². The molecule has 6 unspecified atom stereocenters. The van der Waals surface area contributed by atoms with Gasteiger partial charge < -0.3 is 39.9 Å². The summed E-state index contributed by atoms with van der Waals surface area (Å²) in [7, 11) is -5.02. The van der Waals surface area contributed by atoms with E-state index >= 15 is 0 Å². The smallest absolute Gasteiger partial charge is 0.457 e. The third-order valence-corrected chi connectivity index (χ3v) is 13.9. The van der Waals surface area contributed by atoms with Crippen LogP contribution in [0, 0.1) is 0 Å². The lowest BCUT2D eigenvalue weighted by atomic mass is 9.85. The molecule has 13 heteroatoms. The SMILES string of the molecule is CCCCCCCCC/C=C\CCCCCCCCOCC(COP(=O)(O)OC1C(O)C(O)C(O)C(O)C1O)OC(=O)CCCCCCCCCCCCCCCCCCCCCCC. The van der Waals surface area contributed by atoms with E-state index in [1.165, 1.54) is 173 Å². The Kier molecular flexibility index (Phi) is 41.2. The normalized spacial score (nSPS) is 21.5. The highest BCUT2D eigenvalue weighted by molar-refractivity contribution is 7.47. The molecule has 0 aromatic rings. The van der Waals surface area contributed by atoms with Crippen LogP contribution in [-0.2, 0) is 27.9 Å². The number of hydrogen-bond donors (Lipinski definition) is 6. The summed E-state index contributed by atoms with van der Waals surface area (Å²) in [5.41, 5.74) is 0. The van der Waals surface area contributed by atoms with Crippen LogP contribution in [0.1, 0.15) is 251 Å². The molecule has 65 heavy (non-hydrogen) atoms. The van der Waals surface area contributed by atoms with Crippen molar-refractivity contribution in [3.63, 3.8) is 0 Å². The number of allylic oxidation sites excluding steroid dienone is 2. The highest BCUT2D eigenvalue weighted by atomic mass is 31.2. The molecular weight excluding hydrogens is 848 g/mol. The average Bonchev–Trinajstić information content (AvgIpc) is 3.29. The molecule has 0 heterocycles. The van der Waals surface area contributed by atoms with Crippen molar-refractivity contribution < 1.29 is 58.3 Å². The Bertz CT molecular complexity index is 1130. The minimum atomic E-state index is -5.02. The first-order valence-corrected chi connectivity index (χ1v) is 28.5. The third kappa shape index (κ3) is 34.9. The van der Waals surface area contributed by atoms with Crippen LogP contribution in [0.2, 0.25) is 0 Å². The summed E-state index contributed by atoms with van der Waals surface area (Å²) in [5.74, 6) is -0.472. The standard InChI is InChI=1S/C52H101O12P/c1-3-5-7-9-11-13-15-17-19-21-22-23-24-25-27-29-31-33-35-37-39-41-46(53)63-45(44-62-65(59,60)64-52-50(57)48(55)47(54)49(56)51(52)58)43-61-42-40-38-36-34-32-30-28-26-20-18-16-14-12-10-8-6-4-2/h20,26,45,47-52,54-58H,3-19,21-25,27-44H2,1-2H3,(H,59,60)/b26-20-. The number of aliphatic hydroxyl groups is 5. The Hall–Kier alpha value is -0.920. The fraction of sp³-hybridized carbons (Fsp3) is 0.942. The molecule has 1 rings (SSSR count). The van der Waals surface area contributed by atoms with E-state index in [9.17, 15) is 39.8 Å². The van der Waals surface area contributed by atoms with Crippen molar-refractivity contribution in [1.82, 2.24) is 0 Å². The molecule has 1 aliphatic rings. The summed E-state index contributed by atoms with van der Waals surface area (Å²) in [6.45, 7) is 4.30. The van der Waals surface area contributed by atoms with Gasteiger partial charge in [-0.1, -0.05) is 219 Å². The highest BCUT2D eigenvalue weighted by Crippen LogP contribution is 2.47. The molecule has 0 aromatic carbocycles. The van der Waals surface area contributed by atoms with E-state index in [0.29, 0.717) is 13.0 Å². The number of unbranched alkanes of at least 4 members (excludes halogenated alkanes) is 33. The van der Waals surface area contributed by atoms with Crippen LogP contribution in [0.3, 0.4) is 0 Å². The lowest BCUT2D eigenvalue weighted by Crippen LogP contribution is -2.64. The van der Waals surface area contributed by atoms with Crippen LogP contribution in [0.15, 0.2) is 12.2 Å². The van der Waals surface area contributed by atoms with Gasteiger partial charge in [0.15, 0.2) is 0 Å². The van der Waals surface area contributed by atoms with E-state index in [2.05, 4.69) is 26.0 Å². The van der Waals surface area contributed by atoms with Gasteiger partial charge in [0, 0.05) is 13.0 Å². The first-order valence-electron chi connectivity index (χ1n) is 27.0. The average molecular weight is 949 g/mol. The molecule has 0 saturated heterocycles. The molecule has 0 spiro atoms. The van der Waals surface area contributed by atoms with Crippen molar-refractivity contribution >= 4 is 13.8 Å². The van der Waals surface area contributed by atoms with Crippen molar-refractivity contribution in [2.45, 2.75) is 294 Å². The van der Waals surface area contributed by atoms with Gasteiger partial charge in [0.05, 0.1) is 13.2 Å². The summed E-state index contributed by atoms with van der Waals surface area (Å²) in [5, 5.41) is 50.3. The van der Waals surface area contributed by atoms with Crippen LogP contribution in [0.5, 0.6) is 0 Å². The maximum absolute atomic E-state index is 12.9. The second kappa shape index (κ2) is 43.1. The largest absolute Gasteiger partial charge is 0.472 e. The van der Waals surface area contributed by atoms with Crippen LogP contribution >= 0.6 is 7.82 Å². The van der Waals surface area contributed by atoms with E-state index in [-0.39, 0.29) is 13.0 Å². The molecule has 6 atom stereocenters. The first kappa shape index (κ1) is 62.1. The summed E-state index contributed by atoms with van der Waals surface area (Å²) in [6, 6.07) is 0. The Morgan fingerprint density at radius 1 is 0.477 bits per heavy atom. The Morgan fingerprint density at radius 3 is 1.22 bits per heavy atom. The molecule has 1 aliphatic carbocycles. The Labute approximate surface area is 397 Å². The van der Waals surface area contributed by atoms with Gasteiger partial charge in [-0.3, -0.25) is 13.8 Å². The first-order chi connectivity index (χ1) is 31.5. The molecule has 0 aromatic heterocycles. The van der Waals surface area contributed by atoms with Gasteiger partial charge in [-0.15, -0.1) is 0 Å². The Balaban J connectivity index is 2.30. The van der Waals surface area contributed by atoms with E-state index in [1.807, 2.05) is 0 Å². The van der Waals surface area contributed by atoms with Crippen LogP contribution in [0.25, 0.3) is 0 Å². The minimum absolute atomic E-state index is 0.0749. The molecule has 386 valence electrons. The summed E-state index contributed by atoms with van der Waals surface area (Å²) in [6.07, 6.45) is 37.1. The van der Waals surface area contributed by atoms with E-state index in [4.69, 9.17) is 18.5 Å². The number of carbonyl (C=O) groups is 1. The predicted octanol–water partition coefficient (Wildman–Crippen LogP) is 12.3. The summed E-state index contributed by atoms with van der Waals surface area (Å²) >= 11 is 0. The van der Waals surface area contributed by atoms with Gasteiger partial charge in [0.2, 0.25) is 0 Å². The van der Waals surface area contributed by atoms with Crippen molar-refractivity contribution in [2.24, 2.45) is 0 Å². The summed E-state index contributed by atoms with van der Waals surface area (Å²) < 4.78 is 34.3. The molecule has 6 N–H and O–H groups in total. The van der Waals surface area contributed by atoms with Gasteiger partial charge >= 0.3 is 13.8 Å². The molecule has 12 nitrogen and oxygen atoms in total. The quantitative estimate of drug-likeness (QED) is 0.0147. The molecular formula is C52H101O12P. The third-order valence-electron chi connectivity index (χ3n) is 12.9. The second-order valence-electron chi connectivity index (χ2n) is 19.1. The van der Waals surface area contributed by atoms with Gasteiger partial charge in [-0.05, 0) is 38.5 Å². The molecule has 0 radical (unpaired) electrons. The van der Waals surface area contributed by atoms with E-state index < -0.39 is 63.1 Å². The number of carbonyl (C=O) groups excluding carboxylic acids is 1. The fourth-order valence-corrected chi connectivity index (χ4v) is 9.56. The van der Waals surface area contributed by atoms with E-state index in [0.717, 1.165) is 51.4 Å². The number of hydrogen-bond acceptors (Lipinski definition) is 11. The minimum Gasteiger partial charge on any atom is -0.457 e. The molecule has 0 aliphatic heterocycles. The fourth-order valence-electron chi connectivity index (χ4n) is 8.59. The highest BCUT2D eigenvalue weighted by Gasteiger charge is 2.51. The predicted molar refractivity (Wildman–Crippen MR) is 263 cm³/mol. The van der Waals surface area contributed by atoms with Crippen molar-refractivity contribution in [1.29, 1.82) is 0 Å². The van der Waals surface area contributed by atoms with Gasteiger partial charge in [-0.2, -0.15) is 0 Å². The Morgan fingerprint density at radius 2 is 0.815 bits per heavy atom. The summed E-state index contributed by atoms with van der Waals surface area (Å²) in [4.78, 5) is 23.3. The van der Waals surface area contributed by atoms with Gasteiger partial charge in [0.25, 0.3) is 0 Å². The number of aliphatic hydroxyl groups excluding tert-OH is 5. The van der Waals surface area contributed by atoms with Gasteiger partial charge in [0.1, 0.15) is 42.7 Å². The molecule has 0 bridgehead atoms. The maximum Gasteiger partial charge on any atom is 0.472 e. The second-order valence-corrected chi connectivity index (χ2v) is 20.5. The number of phosphoric acid groups is 1. The van der Waals surface area contributed by atoms with E-state index in [1.54, 1.807) is 0 Å². The number of esters is 1. The zero-order valence-electron chi connectivity index (χ0n) is 41.6. The van der Waals surface area contributed by atoms with Crippen molar-refractivity contribution in [3.05, 3.63) is 12.2 Å². The molecule has 0 amide bonds. The number of ether oxygens (including phenoxy) is 2. The monoisotopic (exact) mass is 949 g/mol. The molecule has 1 fully saturated rings. The number of phosphoric ester groups is 1. The number of rotatable bonds is 47. The lowest BCUT2D eigenvalue weighted by Gasteiger charge is -2.41. The van der Waals surface area contributed by atoms with Crippen LogP contribution in [-0.4, -0.2) is 98.9 Å². The zero-order valence-corrected chi connectivity index (χ0v) is 42.5. The van der Waals surface area contributed by atoms with Crippen molar-refractivity contribution in [2.75, 3.05) is 19.8 Å². The molecule has 1 saturated carbocycles.